The van der Waals surface area contributed by atoms with Crippen LogP contribution in [0, 0.1) is 5.82 Å². The van der Waals surface area contributed by atoms with Gasteiger partial charge in [-0.2, -0.15) is 0 Å². The molecule has 0 unspecified atom stereocenters. The largest absolute Gasteiger partial charge is 0.442 e. The number of benzene rings is 1. The number of aliphatic hydroxyl groups excluding tert-OH is 2. The van der Waals surface area contributed by atoms with Crippen molar-refractivity contribution in [2.75, 3.05) is 36.0 Å². The third kappa shape index (κ3) is 3.88. The summed E-state index contributed by atoms with van der Waals surface area (Å²) in [6.45, 7) is 2.36. The predicted octanol–water partition coefficient (Wildman–Crippen LogP) is 0.219. The molecule has 2 aliphatic rings. The second-order valence-corrected chi connectivity index (χ2v) is 6.56. The Hall–Kier alpha value is -2.39. The molecule has 3 atom stereocenters. The van der Waals surface area contributed by atoms with Crippen molar-refractivity contribution in [2.24, 2.45) is 0 Å². The minimum Gasteiger partial charge on any atom is -0.442 e. The second kappa shape index (κ2) is 7.46. The number of anilines is 2. The lowest BCUT2D eigenvalue weighted by Gasteiger charge is -2.35. The van der Waals surface area contributed by atoms with Crippen LogP contribution in [0.4, 0.5) is 20.6 Å². The van der Waals surface area contributed by atoms with E-state index in [0.717, 1.165) is 0 Å². The summed E-state index contributed by atoms with van der Waals surface area (Å²) in [6, 6.07) is 4.40. The zero-order valence-electron chi connectivity index (χ0n) is 14.4. The van der Waals surface area contributed by atoms with Crippen molar-refractivity contribution in [1.82, 2.24) is 5.32 Å². The molecule has 0 radical (unpaired) electrons. The van der Waals surface area contributed by atoms with E-state index in [1.54, 1.807) is 17.0 Å². The molecule has 9 heteroatoms. The molecule has 1 aromatic carbocycles. The summed E-state index contributed by atoms with van der Waals surface area (Å²) >= 11 is 0. The summed E-state index contributed by atoms with van der Waals surface area (Å²) < 4.78 is 19.7. The number of rotatable bonds is 4. The Morgan fingerprint density at radius 2 is 2.12 bits per heavy atom. The quantitative estimate of drug-likeness (QED) is 0.704. The summed E-state index contributed by atoms with van der Waals surface area (Å²) in [6.07, 6.45) is -2.46. The Labute approximate surface area is 150 Å². The number of amides is 2. The molecule has 142 valence electrons. The Bertz CT molecular complexity index is 701. The molecule has 2 heterocycles. The fraction of sp³-hybridized carbons (Fsp3) is 0.529. The standard InChI is InChI=1S/C17H22FN3O5/c1-10(22)19-7-12-8-21(17(25)26-12)11-2-3-14(13(18)6-11)20-5-4-15(23)16(24)9-20/h2-3,6,12,15-16,23-24H,4-5,7-9H2,1H3,(H,19,22)/t12-,15+,16-/m0/s1. The zero-order chi connectivity index (χ0) is 18.8. The van der Waals surface area contributed by atoms with Crippen LogP contribution < -0.4 is 15.1 Å². The second-order valence-electron chi connectivity index (χ2n) is 6.56. The number of nitrogens with one attached hydrogen (secondary N) is 1. The number of piperidine rings is 1. The number of ether oxygens (including phenoxy) is 1. The van der Waals surface area contributed by atoms with Gasteiger partial charge < -0.3 is 25.2 Å². The van der Waals surface area contributed by atoms with Gasteiger partial charge >= 0.3 is 6.09 Å². The average molecular weight is 367 g/mol. The number of hydrogen-bond donors (Lipinski definition) is 3. The van der Waals surface area contributed by atoms with Gasteiger partial charge in [0.25, 0.3) is 0 Å². The summed E-state index contributed by atoms with van der Waals surface area (Å²) in [4.78, 5) is 25.9. The Balaban J connectivity index is 1.69. The minimum atomic E-state index is -0.925. The first-order valence-electron chi connectivity index (χ1n) is 8.48. The highest BCUT2D eigenvalue weighted by molar-refractivity contribution is 5.90. The first-order valence-corrected chi connectivity index (χ1v) is 8.48. The molecule has 0 saturated carbocycles. The van der Waals surface area contributed by atoms with E-state index in [1.165, 1.54) is 17.9 Å². The van der Waals surface area contributed by atoms with E-state index in [9.17, 15) is 24.2 Å². The van der Waals surface area contributed by atoms with E-state index in [0.29, 0.717) is 24.3 Å². The monoisotopic (exact) mass is 367 g/mol. The van der Waals surface area contributed by atoms with Crippen LogP contribution in [0.15, 0.2) is 18.2 Å². The highest BCUT2D eigenvalue weighted by Gasteiger charge is 2.33. The van der Waals surface area contributed by atoms with E-state index in [1.807, 2.05) is 0 Å². The van der Waals surface area contributed by atoms with Crippen LogP contribution >= 0.6 is 0 Å². The fourth-order valence-electron chi connectivity index (χ4n) is 3.15. The number of aliphatic hydroxyl groups is 2. The lowest BCUT2D eigenvalue weighted by molar-refractivity contribution is -0.119. The Morgan fingerprint density at radius 1 is 1.35 bits per heavy atom. The summed E-state index contributed by atoms with van der Waals surface area (Å²) in [5.41, 5.74) is 0.668. The van der Waals surface area contributed by atoms with Crippen LogP contribution in [0.25, 0.3) is 0 Å². The molecule has 1 aromatic rings. The SMILES string of the molecule is CC(=O)NC[C@H]1CN(c2ccc(N3CC[C@@H](O)[C@@H](O)C3)c(F)c2)C(=O)O1. The topological polar surface area (TPSA) is 102 Å². The van der Waals surface area contributed by atoms with Crippen molar-refractivity contribution < 1.29 is 28.9 Å². The van der Waals surface area contributed by atoms with Crippen molar-refractivity contribution in [3.05, 3.63) is 24.0 Å². The molecule has 2 fully saturated rings. The van der Waals surface area contributed by atoms with Crippen molar-refractivity contribution in [3.8, 4) is 0 Å². The predicted molar refractivity (Wildman–Crippen MR) is 91.5 cm³/mol. The normalized spacial score (nSPS) is 26.0. The van der Waals surface area contributed by atoms with E-state index in [2.05, 4.69) is 5.32 Å². The van der Waals surface area contributed by atoms with E-state index < -0.39 is 30.2 Å². The first kappa shape index (κ1) is 18.4. The number of carbonyl (C=O) groups is 2. The fourth-order valence-corrected chi connectivity index (χ4v) is 3.15. The molecule has 3 N–H and O–H groups in total. The average Bonchev–Trinajstić information content (AvgIpc) is 2.96. The van der Waals surface area contributed by atoms with Crippen LogP contribution in [0.5, 0.6) is 0 Å². The lowest BCUT2D eigenvalue weighted by Crippen LogP contribution is -2.47. The van der Waals surface area contributed by atoms with Gasteiger partial charge in [0.05, 0.1) is 36.7 Å². The van der Waals surface area contributed by atoms with Crippen LogP contribution in [0.3, 0.4) is 0 Å². The van der Waals surface area contributed by atoms with Crippen LogP contribution in [-0.4, -0.2) is 66.7 Å². The van der Waals surface area contributed by atoms with E-state index >= 15 is 0 Å². The Morgan fingerprint density at radius 3 is 2.77 bits per heavy atom. The minimum absolute atomic E-state index is 0.141. The first-order chi connectivity index (χ1) is 12.3. The van der Waals surface area contributed by atoms with Crippen molar-refractivity contribution in [1.29, 1.82) is 0 Å². The maximum atomic E-state index is 14.6. The summed E-state index contributed by atoms with van der Waals surface area (Å²) in [5.74, 6) is -0.743. The molecule has 2 aliphatic heterocycles. The summed E-state index contributed by atoms with van der Waals surface area (Å²) in [5, 5.41) is 21.9. The van der Waals surface area contributed by atoms with Gasteiger partial charge in [0.1, 0.15) is 11.9 Å². The Kier molecular flexibility index (Phi) is 5.28. The molecule has 2 saturated heterocycles. The van der Waals surface area contributed by atoms with E-state index in [-0.39, 0.29) is 25.5 Å². The smallest absolute Gasteiger partial charge is 0.414 e. The molecule has 0 aliphatic carbocycles. The molecule has 8 nitrogen and oxygen atoms in total. The number of hydrogen-bond acceptors (Lipinski definition) is 6. The van der Waals surface area contributed by atoms with Gasteiger partial charge in [-0.3, -0.25) is 9.69 Å². The van der Waals surface area contributed by atoms with Crippen LogP contribution in [0.1, 0.15) is 13.3 Å². The number of β-amino-alcohol motifs (C(OH)–C–C–N with tert-alkyl or cyclic N) is 1. The molecule has 0 spiro atoms. The van der Waals surface area contributed by atoms with Crippen molar-refractivity contribution in [2.45, 2.75) is 31.7 Å². The summed E-state index contributed by atoms with van der Waals surface area (Å²) in [7, 11) is 0. The maximum Gasteiger partial charge on any atom is 0.414 e. The zero-order valence-corrected chi connectivity index (χ0v) is 14.4. The molecule has 2 amide bonds. The highest BCUT2D eigenvalue weighted by Crippen LogP contribution is 2.29. The van der Waals surface area contributed by atoms with Gasteiger partial charge in [-0.25, -0.2) is 9.18 Å². The van der Waals surface area contributed by atoms with Gasteiger partial charge in [0.2, 0.25) is 5.91 Å². The molecule has 0 aromatic heterocycles. The lowest BCUT2D eigenvalue weighted by atomic mass is 10.0. The van der Waals surface area contributed by atoms with Gasteiger partial charge in [0.15, 0.2) is 0 Å². The molecular weight excluding hydrogens is 345 g/mol. The van der Waals surface area contributed by atoms with Crippen molar-refractivity contribution >= 4 is 23.4 Å². The van der Waals surface area contributed by atoms with Crippen LogP contribution in [-0.2, 0) is 9.53 Å². The third-order valence-corrected chi connectivity index (χ3v) is 4.58. The van der Waals surface area contributed by atoms with Crippen LogP contribution in [0.2, 0.25) is 0 Å². The molecular formula is C17H22FN3O5. The number of nitrogens with zero attached hydrogens (tertiary/aromatic N) is 2. The third-order valence-electron chi connectivity index (χ3n) is 4.58. The highest BCUT2D eigenvalue weighted by atomic mass is 19.1. The number of cyclic esters (lactones) is 1. The number of carbonyl (C=O) groups excluding carboxylic acids is 2. The molecule has 26 heavy (non-hydrogen) atoms. The molecule has 0 bridgehead atoms. The van der Waals surface area contributed by atoms with Gasteiger partial charge in [-0.05, 0) is 24.6 Å². The van der Waals surface area contributed by atoms with E-state index in [4.69, 9.17) is 4.74 Å². The molecule has 3 rings (SSSR count). The maximum absolute atomic E-state index is 14.6. The number of halogens is 1. The van der Waals surface area contributed by atoms with Crippen molar-refractivity contribution in [3.63, 3.8) is 0 Å². The van der Waals surface area contributed by atoms with Gasteiger partial charge in [0, 0.05) is 20.0 Å². The van der Waals surface area contributed by atoms with Gasteiger partial charge in [-0.15, -0.1) is 0 Å². The van der Waals surface area contributed by atoms with Gasteiger partial charge in [-0.1, -0.05) is 0 Å².